The molecule has 4 rings (SSSR count). The molecule has 0 radical (unpaired) electrons. The summed E-state index contributed by atoms with van der Waals surface area (Å²) in [6, 6.07) is 8.03. The van der Waals surface area contributed by atoms with E-state index >= 15 is 0 Å². The van der Waals surface area contributed by atoms with Gasteiger partial charge in [0.05, 0.1) is 10.8 Å². The first-order valence-corrected chi connectivity index (χ1v) is 11.1. The van der Waals surface area contributed by atoms with Crippen molar-refractivity contribution in [3.05, 3.63) is 59.2 Å². The molecular formula is C23H27ClN4O3. The smallest absolute Gasteiger partial charge is 0.306 e. The van der Waals surface area contributed by atoms with E-state index < -0.39 is 10.8 Å². The second-order valence-electron chi connectivity index (χ2n) is 8.25. The minimum atomic E-state index is -0.702. The maximum atomic E-state index is 12.7. The number of halogens is 1. The summed E-state index contributed by atoms with van der Waals surface area (Å²) >= 11 is 6.29. The van der Waals surface area contributed by atoms with E-state index in [9.17, 15) is 9.59 Å². The van der Waals surface area contributed by atoms with E-state index in [4.69, 9.17) is 16.7 Å². The van der Waals surface area contributed by atoms with Crippen molar-refractivity contribution in [2.75, 3.05) is 18.0 Å². The molecule has 1 amide bonds. The van der Waals surface area contributed by atoms with Crippen molar-refractivity contribution in [1.29, 1.82) is 0 Å². The number of carboxylic acids is 1. The number of aryl methyl sites for hydroxylation is 1. The summed E-state index contributed by atoms with van der Waals surface area (Å²) in [5.41, 5.74) is 3.31. The number of allylic oxidation sites excluding steroid dienone is 2. The molecule has 8 heteroatoms. The second-order valence-corrected chi connectivity index (χ2v) is 8.95. The number of nitrogens with one attached hydrogen (secondary N) is 2. The van der Waals surface area contributed by atoms with Crippen LogP contribution in [0.25, 0.3) is 0 Å². The van der Waals surface area contributed by atoms with Crippen molar-refractivity contribution in [3.8, 4) is 0 Å². The predicted molar refractivity (Wildman–Crippen MR) is 120 cm³/mol. The van der Waals surface area contributed by atoms with E-state index in [1.165, 1.54) is 0 Å². The topological polar surface area (TPSA) is 98.3 Å². The minimum Gasteiger partial charge on any atom is -0.481 e. The number of amides is 1. The van der Waals surface area contributed by atoms with Crippen LogP contribution in [0, 0.1) is 5.92 Å². The fourth-order valence-corrected chi connectivity index (χ4v) is 4.12. The molecule has 0 spiro atoms. The highest BCUT2D eigenvalue weighted by atomic mass is 35.5. The first-order valence-electron chi connectivity index (χ1n) is 10.7. The van der Waals surface area contributed by atoms with Gasteiger partial charge in [-0.05, 0) is 37.0 Å². The number of aliphatic carboxylic acids is 1. The van der Waals surface area contributed by atoms with Gasteiger partial charge < -0.3 is 20.3 Å². The van der Waals surface area contributed by atoms with Gasteiger partial charge in [0, 0.05) is 37.4 Å². The maximum Gasteiger partial charge on any atom is 0.306 e. The Morgan fingerprint density at radius 3 is 2.52 bits per heavy atom. The number of nitrogens with zero attached hydrogens (tertiary/aromatic N) is 2. The Labute approximate surface area is 186 Å². The van der Waals surface area contributed by atoms with E-state index in [2.05, 4.69) is 20.2 Å². The molecule has 31 heavy (non-hydrogen) atoms. The van der Waals surface area contributed by atoms with Crippen LogP contribution < -0.4 is 10.2 Å². The van der Waals surface area contributed by atoms with Crippen LogP contribution in [-0.2, 0) is 24.2 Å². The Hall–Kier alpha value is -2.80. The number of carboxylic acid groups (broad SMARTS) is 1. The summed E-state index contributed by atoms with van der Waals surface area (Å²) in [5.74, 6) is -0.422. The van der Waals surface area contributed by atoms with Crippen molar-refractivity contribution in [2.45, 2.75) is 44.0 Å². The van der Waals surface area contributed by atoms with Gasteiger partial charge in [-0.1, -0.05) is 31.2 Å². The highest BCUT2D eigenvalue weighted by Gasteiger charge is 2.33. The van der Waals surface area contributed by atoms with E-state index in [0.29, 0.717) is 37.9 Å². The highest BCUT2D eigenvalue weighted by Crippen LogP contribution is 2.34. The zero-order chi connectivity index (χ0) is 22.0. The summed E-state index contributed by atoms with van der Waals surface area (Å²) in [7, 11) is 0. The van der Waals surface area contributed by atoms with Crippen LogP contribution in [0.4, 0.5) is 5.69 Å². The average molecular weight is 443 g/mol. The van der Waals surface area contributed by atoms with Crippen LogP contribution >= 0.6 is 11.6 Å². The molecule has 1 aromatic heterocycles. The molecule has 1 aliphatic heterocycles. The normalized spacial score (nSPS) is 17.5. The Bertz CT molecular complexity index is 985. The third-order valence-corrected chi connectivity index (χ3v) is 6.35. The van der Waals surface area contributed by atoms with Crippen molar-refractivity contribution in [2.24, 2.45) is 5.92 Å². The number of alkyl halides is 1. The van der Waals surface area contributed by atoms with Crippen molar-refractivity contribution in [1.82, 2.24) is 15.3 Å². The van der Waals surface area contributed by atoms with Gasteiger partial charge in [-0.25, -0.2) is 4.98 Å². The second kappa shape index (κ2) is 8.75. The van der Waals surface area contributed by atoms with Gasteiger partial charge in [0.15, 0.2) is 0 Å². The zero-order valence-electron chi connectivity index (χ0n) is 17.5. The number of carbonyl (C=O) groups is 2. The minimum absolute atomic E-state index is 0.202. The zero-order valence-corrected chi connectivity index (χ0v) is 18.3. The fraction of sp³-hybridized carbons (Fsp3) is 0.435. The third kappa shape index (κ3) is 5.10. The summed E-state index contributed by atoms with van der Waals surface area (Å²) in [4.78, 5) is 33.3. The van der Waals surface area contributed by atoms with Crippen LogP contribution in [0.5, 0.6) is 0 Å². The SMILES string of the molecule is CCc1[nH]c(CC2(Cl)C=C2)nc1C(=O)NCc1ccc(N2CCC(C(=O)O)CC2)cc1. The Kier molecular flexibility index (Phi) is 6.05. The van der Waals surface area contributed by atoms with E-state index in [-0.39, 0.29) is 11.8 Å². The quantitative estimate of drug-likeness (QED) is 0.430. The molecule has 0 atom stereocenters. The lowest BCUT2D eigenvalue weighted by atomic mass is 9.96. The first kappa shape index (κ1) is 21.4. The van der Waals surface area contributed by atoms with Gasteiger partial charge in [0.2, 0.25) is 0 Å². The van der Waals surface area contributed by atoms with Gasteiger partial charge in [-0.15, -0.1) is 11.6 Å². The number of aromatic amines is 1. The van der Waals surface area contributed by atoms with Crippen molar-refractivity contribution < 1.29 is 14.7 Å². The van der Waals surface area contributed by atoms with Crippen LogP contribution in [0.1, 0.15) is 47.3 Å². The number of anilines is 1. The molecule has 3 N–H and O–H groups in total. The number of H-pyrrole nitrogens is 1. The van der Waals surface area contributed by atoms with Gasteiger partial charge in [0.1, 0.15) is 11.5 Å². The molecule has 1 aliphatic carbocycles. The highest BCUT2D eigenvalue weighted by molar-refractivity contribution is 6.29. The molecule has 1 aromatic carbocycles. The molecule has 1 saturated heterocycles. The number of piperidine rings is 1. The molecule has 0 bridgehead atoms. The summed E-state index contributed by atoms with van der Waals surface area (Å²) in [6.45, 7) is 3.88. The fourth-order valence-electron chi connectivity index (χ4n) is 3.93. The standard InChI is InChI=1S/C23H27ClN4O3/c1-2-18-20(27-19(26-18)13-23(24)9-10-23)21(29)25-14-15-3-5-17(6-4-15)28-11-7-16(8-12-28)22(30)31/h3-6,9-10,16H,2,7-8,11-14H2,1H3,(H,25,29)(H,26,27)(H,30,31). The number of imidazole rings is 1. The van der Waals surface area contributed by atoms with Crippen LogP contribution in [-0.4, -0.2) is 44.9 Å². The molecule has 0 unspecified atom stereocenters. The molecule has 1 fully saturated rings. The maximum absolute atomic E-state index is 12.7. The summed E-state index contributed by atoms with van der Waals surface area (Å²) < 4.78 is 0. The van der Waals surface area contributed by atoms with E-state index in [1.807, 2.05) is 43.3 Å². The first-order chi connectivity index (χ1) is 14.9. The van der Waals surface area contributed by atoms with Gasteiger partial charge in [-0.3, -0.25) is 9.59 Å². The predicted octanol–water partition coefficient (Wildman–Crippen LogP) is 3.29. The van der Waals surface area contributed by atoms with E-state index in [0.717, 1.165) is 35.9 Å². The summed E-state index contributed by atoms with van der Waals surface area (Å²) in [6.07, 6.45) is 6.41. The molecule has 164 valence electrons. The number of hydrogen-bond donors (Lipinski definition) is 3. The third-order valence-electron chi connectivity index (χ3n) is 5.96. The molecule has 2 aromatic rings. The Morgan fingerprint density at radius 1 is 1.26 bits per heavy atom. The molecule has 7 nitrogen and oxygen atoms in total. The number of benzene rings is 1. The number of carbonyl (C=O) groups excluding carboxylic acids is 1. The van der Waals surface area contributed by atoms with E-state index in [1.54, 1.807) is 0 Å². The lowest BCUT2D eigenvalue weighted by Gasteiger charge is -2.32. The summed E-state index contributed by atoms with van der Waals surface area (Å²) in [5, 5.41) is 12.1. The molecule has 0 saturated carbocycles. The lowest BCUT2D eigenvalue weighted by Crippen LogP contribution is -2.36. The molecular weight excluding hydrogens is 416 g/mol. The van der Waals surface area contributed by atoms with Gasteiger partial charge in [-0.2, -0.15) is 0 Å². The Morgan fingerprint density at radius 2 is 1.94 bits per heavy atom. The number of rotatable bonds is 8. The largest absolute Gasteiger partial charge is 0.481 e. The van der Waals surface area contributed by atoms with Crippen molar-refractivity contribution in [3.63, 3.8) is 0 Å². The molecule has 2 aliphatic rings. The average Bonchev–Trinajstić information content (AvgIpc) is 3.36. The van der Waals surface area contributed by atoms with Crippen LogP contribution in [0.15, 0.2) is 36.4 Å². The number of hydrogen-bond acceptors (Lipinski definition) is 4. The Balaban J connectivity index is 1.32. The van der Waals surface area contributed by atoms with Crippen molar-refractivity contribution >= 4 is 29.2 Å². The monoisotopic (exact) mass is 442 g/mol. The van der Waals surface area contributed by atoms with Crippen LogP contribution in [0.2, 0.25) is 0 Å². The number of aromatic nitrogens is 2. The lowest BCUT2D eigenvalue weighted by molar-refractivity contribution is -0.142. The van der Waals surface area contributed by atoms with Crippen LogP contribution in [0.3, 0.4) is 0 Å². The van der Waals surface area contributed by atoms with Gasteiger partial charge in [0.25, 0.3) is 5.91 Å². The van der Waals surface area contributed by atoms with Gasteiger partial charge >= 0.3 is 5.97 Å². The molecule has 2 heterocycles.